The second-order valence-electron chi connectivity index (χ2n) is 3.11. The van der Waals surface area contributed by atoms with E-state index < -0.39 is 0 Å². The Bertz CT molecular complexity index is 157. The van der Waals surface area contributed by atoms with Crippen molar-refractivity contribution in [3.63, 3.8) is 0 Å². The summed E-state index contributed by atoms with van der Waals surface area (Å²) in [6.07, 6.45) is 0. The standard InChI is InChI=1S/C8H16N2O2/c1-3-12-10-8(11)6(2)7-4-9-5-7/h6-7,9H,3-5H2,1-2H3,(H,10,11). The predicted molar refractivity (Wildman–Crippen MR) is 45.3 cm³/mol. The molecule has 0 saturated carbocycles. The molecule has 1 aliphatic rings. The van der Waals surface area contributed by atoms with Crippen molar-refractivity contribution >= 4 is 5.91 Å². The number of carbonyl (C=O) groups excluding carboxylic acids is 1. The molecule has 0 radical (unpaired) electrons. The van der Waals surface area contributed by atoms with Crippen molar-refractivity contribution in [3.05, 3.63) is 0 Å². The highest BCUT2D eigenvalue weighted by atomic mass is 16.6. The van der Waals surface area contributed by atoms with Crippen LogP contribution in [0.1, 0.15) is 13.8 Å². The second kappa shape index (κ2) is 4.42. The highest BCUT2D eigenvalue weighted by Gasteiger charge is 2.28. The zero-order valence-electron chi connectivity index (χ0n) is 7.59. The lowest BCUT2D eigenvalue weighted by molar-refractivity contribution is -0.139. The SMILES string of the molecule is CCONC(=O)C(C)C1CNC1. The summed E-state index contributed by atoms with van der Waals surface area (Å²) in [5.41, 5.74) is 2.41. The summed E-state index contributed by atoms with van der Waals surface area (Å²) < 4.78 is 0. The third-order valence-electron chi connectivity index (χ3n) is 2.25. The van der Waals surface area contributed by atoms with Crippen molar-refractivity contribution in [1.29, 1.82) is 0 Å². The van der Waals surface area contributed by atoms with Crippen molar-refractivity contribution in [2.75, 3.05) is 19.7 Å². The Morgan fingerprint density at radius 2 is 2.42 bits per heavy atom. The van der Waals surface area contributed by atoms with Gasteiger partial charge in [0.05, 0.1) is 6.61 Å². The zero-order valence-corrected chi connectivity index (χ0v) is 7.59. The van der Waals surface area contributed by atoms with Crippen molar-refractivity contribution in [1.82, 2.24) is 10.8 Å². The van der Waals surface area contributed by atoms with E-state index in [1.165, 1.54) is 0 Å². The molecular formula is C8H16N2O2. The van der Waals surface area contributed by atoms with E-state index in [0.717, 1.165) is 13.1 Å². The summed E-state index contributed by atoms with van der Waals surface area (Å²) in [5, 5.41) is 3.13. The van der Waals surface area contributed by atoms with Gasteiger partial charge in [0.15, 0.2) is 0 Å². The number of hydrogen-bond donors (Lipinski definition) is 2. The average molecular weight is 172 g/mol. The maximum absolute atomic E-state index is 11.3. The molecule has 1 rings (SSSR count). The molecule has 0 aromatic heterocycles. The van der Waals surface area contributed by atoms with Crippen LogP contribution in [0.3, 0.4) is 0 Å². The number of carbonyl (C=O) groups is 1. The summed E-state index contributed by atoms with van der Waals surface area (Å²) in [6.45, 7) is 6.18. The van der Waals surface area contributed by atoms with E-state index in [1.54, 1.807) is 0 Å². The quantitative estimate of drug-likeness (QED) is 0.583. The molecule has 70 valence electrons. The van der Waals surface area contributed by atoms with E-state index in [2.05, 4.69) is 10.8 Å². The van der Waals surface area contributed by atoms with Crippen LogP contribution >= 0.6 is 0 Å². The van der Waals surface area contributed by atoms with Gasteiger partial charge in [-0.3, -0.25) is 9.63 Å². The zero-order chi connectivity index (χ0) is 8.97. The van der Waals surface area contributed by atoms with Gasteiger partial charge in [-0.05, 0) is 25.9 Å². The van der Waals surface area contributed by atoms with E-state index in [4.69, 9.17) is 4.84 Å². The Labute approximate surface area is 72.6 Å². The molecule has 1 atom stereocenters. The van der Waals surface area contributed by atoms with E-state index in [-0.39, 0.29) is 11.8 Å². The monoisotopic (exact) mass is 172 g/mol. The van der Waals surface area contributed by atoms with Crippen LogP contribution in [0.2, 0.25) is 0 Å². The first kappa shape index (κ1) is 9.48. The Kier molecular flexibility index (Phi) is 3.49. The molecule has 2 N–H and O–H groups in total. The third-order valence-corrected chi connectivity index (χ3v) is 2.25. The van der Waals surface area contributed by atoms with Gasteiger partial charge in [0.1, 0.15) is 0 Å². The van der Waals surface area contributed by atoms with E-state index in [9.17, 15) is 4.79 Å². The lowest BCUT2D eigenvalue weighted by Crippen LogP contribution is -2.49. The van der Waals surface area contributed by atoms with Gasteiger partial charge in [0.2, 0.25) is 5.91 Å². The highest BCUT2D eigenvalue weighted by Crippen LogP contribution is 2.15. The van der Waals surface area contributed by atoms with Crippen molar-refractivity contribution in [2.24, 2.45) is 11.8 Å². The van der Waals surface area contributed by atoms with Gasteiger partial charge in [-0.2, -0.15) is 0 Å². The number of hydrogen-bond acceptors (Lipinski definition) is 3. The molecular weight excluding hydrogens is 156 g/mol. The minimum Gasteiger partial charge on any atom is -0.316 e. The van der Waals surface area contributed by atoms with Gasteiger partial charge in [0, 0.05) is 5.92 Å². The van der Waals surface area contributed by atoms with Gasteiger partial charge in [0.25, 0.3) is 0 Å². The summed E-state index contributed by atoms with van der Waals surface area (Å²) in [6, 6.07) is 0. The van der Waals surface area contributed by atoms with Crippen molar-refractivity contribution in [3.8, 4) is 0 Å². The molecule has 0 aromatic rings. The van der Waals surface area contributed by atoms with Gasteiger partial charge in [-0.25, -0.2) is 5.48 Å². The fourth-order valence-electron chi connectivity index (χ4n) is 1.11. The lowest BCUT2D eigenvalue weighted by atomic mass is 9.88. The largest absolute Gasteiger partial charge is 0.316 e. The summed E-state index contributed by atoms with van der Waals surface area (Å²) in [5.74, 6) is 0.520. The van der Waals surface area contributed by atoms with Gasteiger partial charge >= 0.3 is 0 Å². The lowest BCUT2D eigenvalue weighted by Gasteiger charge is -2.31. The molecule has 1 heterocycles. The molecule has 4 nitrogen and oxygen atoms in total. The van der Waals surface area contributed by atoms with Crippen LogP contribution < -0.4 is 10.8 Å². The fraction of sp³-hybridized carbons (Fsp3) is 0.875. The van der Waals surface area contributed by atoms with Gasteiger partial charge < -0.3 is 5.32 Å². The first-order valence-electron chi connectivity index (χ1n) is 4.38. The van der Waals surface area contributed by atoms with Gasteiger partial charge in [-0.1, -0.05) is 6.92 Å². The maximum Gasteiger partial charge on any atom is 0.246 e. The second-order valence-corrected chi connectivity index (χ2v) is 3.11. The molecule has 1 amide bonds. The number of rotatable bonds is 4. The maximum atomic E-state index is 11.3. The van der Waals surface area contributed by atoms with Crippen molar-refractivity contribution < 1.29 is 9.63 Å². The van der Waals surface area contributed by atoms with E-state index >= 15 is 0 Å². The third kappa shape index (κ3) is 2.19. The minimum absolute atomic E-state index is 0.0108. The van der Waals surface area contributed by atoms with Gasteiger partial charge in [-0.15, -0.1) is 0 Å². The summed E-state index contributed by atoms with van der Waals surface area (Å²) >= 11 is 0. The molecule has 0 aliphatic carbocycles. The van der Waals surface area contributed by atoms with E-state index in [0.29, 0.717) is 12.5 Å². The average Bonchev–Trinajstić information content (AvgIpc) is 1.96. The first-order chi connectivity index (χ1) is 5.75. The Morgan fingerprint density at radius 1 is 1.75 bits per heavy atom. The normalized spacial score (nSPS) is 19.8. The Hall–Kier alpha value is -0.610. The molecule has 1 fully saturated rings. The highest BCUT2D eigenvalue weighted by molar-refractivity contribution is 5.77. The first-order valence-corrected chi connectivity index (χ1v) is 4.38. The molecule has 1 aliphatic heterocycles. The molecule has 12 heavy (non-hydrogen) atoms. The summed E-state index contributed by atoms with van der Waals surface area (Å²) in [4.78, 5) is 16.1. The minimum atomic E-state index is -0.0108. The number of amides is 1. The van der Waals surface area contributed by atoms with Crippen LogP contribution in [0.25, 0.3) is 0 Å². The topological polar surface area (TPSA) is 50.4 Å². The van der Waals surface area contributed by atoms with Crippen LogP contribution in [-0.4, -0.2) is 25.6 Å². The summed E-state index contributed by atoms with van der Waals surface area (Å²) in [7, 11) is 0. The van der Waals surface area contributed by atoms with E-state index in [1.807, 2.05) is 13.8 Å². The fourth-order valence-corrected chi connectivity index (χ4v) is 1.11. The number of nitrogens with one attached hydrogen (secondary N) is 2. The van der Waals surface area contributed by atoms with Crippen LogP contribution in [-0.2, 0) is 9.63 Å². The van der Waals surface area contributed by atoms with Crippen LogP contribution in [0, 0.1) is 11.8 Å². The Balaban J connectivity index is 2.20. The molecule has 4 heteroatoms. The predicted octanol–water partition coefficient (Wildman–Crippen LogP) is -0.0904. The smallest absolute Gasteiger partial charge is 0.246 e. The number of hydroxylamine groups is 1. The van der Waals surface area contributed by atoms with Crippen molar-refractivity contribution in [2.45, 2.75) is 13.8 Å². The molecule has 0 aromatic carbocycles. The van der Waals surface area contributed by atoms with Crippen LogP contribution in [0.4, 0.5) is 0 Å². The van der Waals surface area contributed by atoms with Crippen LogP contribution in [0.15, 0.2) is 0 Å². The molecule has 0 spiro atoms. The Morgan fingerprint density at radius 3 is 2.83 bits per heavy atom. The molecule has 1 saturated heterocycles. The van der Waals surface area contributed by atoms with Crippen LogP contribution in [0.5, 0.6) is 0 Å². The molecule has 1 unspecified atom stereocenters. The molecule has 0 bridgehead atoms.